The molecule has 1 fully saturated rings. The summed E-state index contributed by atoms with van der Waals surface area (Å²) in [6.07, 6.45) is 2.52. The molecule has 0 aromatic carbocycles. The molecular weight excluding hydrogens is 251 g/mol. The van der Waals surface area contributed by atoms with Crippen molar-refractivity contribution in [1.29, 1.82) is 0 Å². The first-order valence-corrected chi connectivity index (χ1v) is 5.22. The highest BCUT2D eigenvalue weighted by Gasteiger charge is 2.16. The molecule has 0 spiro atoms. The lowest BCUT2D eigenvalue weighted by Gasteiger charge is -2.27. The Morgan fingerprint density at radius 1 is 1.71 bits per heavy atom. The fourth-order valence-electron chi connectivity index (χ4n) is 1.17. The molecule has 3 nitrogen and oxygen atoms in total. The molecule has 1 aliphatic rings. The smallest absolute Gasteiger partial charge is 0.227 e. The molecule has 0 radical (unpaired) electrons. The number of nitrogens with one attached hydrogen (secondary N) is 1. The molecule has 1 aliphatic heterocycles. The van der Waals surface area contributed by atoms with Gasteiger partial charge in [0.05, 0.1) is 10.7 Å². The Hall–Kier alpha value is -0.680. The van der Waals surface area contributed by atoms with Gasteiger partial charge in [-0.3, -0.25) is 0 Å². The van der Waals surface area contributed by atoms with Gasteiger partial charge in [-0.05, 0) is 28.9 Å². The van der Waals surface area contributed by atoms with E-state index in [1.807, 2.05) is 0 Å². The van der Waals surface area contributed by atoms with Crippen molar-refractivity contribution in [2.75, 3.05) is 13.2 Å². The summed E-state index contributed by atoms with van der Waals surface area (Å²) in [5.74, 6) is 0.0751. The maximum Gasteiger partial charge on any atom is 0.227 e. The molecule has 2 heterocycles. The highest BCUT2D eigenvalue weighted by atomic mass is 79.9. The molecule has 1 saturated heterocycles. The van der Waals surface area contributed by atoms with Gasteiger partial charge in [-0.1, -0.05) is 0 Å². The molecular formula is C9H10BrFN2O. The average Bonchev–Trinajstić information content (AvgIpc) is 2.08. The molecule has 0 aliphatic carbocycles. The van der Waals surface area contributed by atoms with Gasteiger partial charge < -0.3 is 10.1 Å². The molecule has 14 heavy (non-hydrogen) atoms. The van der Waals surface area contributed by atoms with E-state index >= 15 is 0 Å². The lowest BCUT2D eigenvalue weighted by molar-refractivity contribution is 0.216. The second-order valence-electron chi connectivity index (χ2n) is 3.19. The maximum atomic E-state index is 12.7. The highest BCUT2D eigenvalue weighted by molar-refractivity contribution is 9.10. The minimum absolute atomic E-state index is 0.330. The normalized spacial score (nSPS) is 20.3. The number of nitrogens with zero attached hydrogens (tertiary/aromatic N) is 1. The van der Waals surface area contributed by atoms with Gasteiger partial charge in [0, 0.05) is 12.1 Å². The van der Waals surface area contributed by atoms with Gasteiger partial charge in [0.2, 0.25) is 5.95 Å². The zero-order valence-corrected chi connectivity index (χ0v) is 9.05. The van der Waals surface area contributed by atoms with Crippen LogP contribution in [0.5, 0.6) is 5.75 Å². The highest BCUT2D eigenvalue weighted by Crippen LogP contribution is 2.19. The van der Waals surface area contributed by atoms with E-state index in [4.69, 9.17) is 4.74 Å². The van der Waals surface area contributed by atoms with Crippen LogP contribution in [0.3, 0.4) is 0 Å². The van der Waals surface area contributed by atoms with Gasteiger partial charge >= 0.3 is 0 Å². The predicted octanol–water partition coefficient (Wildman–Crippen LogP) is 1.72. The molecule has 2 rings (SSSR count). The van der Waals surface area contributed by atoms with E-state index in [9.17, 15) is 4.39 Å². The topological polar surface area (TPSA) is 34.1 Å². The predicted molar refractivity (Wildman–Crippen MR) is 53.8 cm³/mol. The number of halogens is 2. The summed E-state index contributed by atoms with van der Waals surface area (Å²) in [5.41, 5.74) is 0. The maximum absolute atomic E-state index is 12.7. The van der Waals surface area contributed by atoms with Crippen molar-refractivity contribution >= 4 is 15.9 Å². The van der Waals surface area contributed by atoms with Crippen LogP contribution in [0.25, 0.3) is 0 Å². The summed E-state index contributed by atoms with van der Waals surface area (Å²) < 4.78 is 18.5. The van der Waals surface area contributed by atoms with Crippen LogP contribution in [0.15, 0.2) is 16.7 Å². The Bertz CT molecular complexity index is 331. The molecule has 0 amide bonds. The first-order valence-electron chi connectivity index (χ1n) is 4.43. The molecule has 76 valence electrons. The van der Waals surface area contributed by atoms with Crippen molar-refractivity contribution < 1.29 is 9.13 Å². The van der Waals surface area contributed by atoms with Crippen LogP contribution in [-0.4, -0.2) is 24.2 Å². The van der Waals surface area contributed by atoms with E-state index in [1.54, 1.807) is 6.07 Å². The number of hydrogen-bond acceptors (Lipinski definition) is 3. The van der Waals surface area contributed by atoms with Crippen molar-refractivity contribution in [1.82, 2.24) is 10.3 Å². The van der Waals surface area contributed by atoms with Crippen LogP contribution in [0.2, 0.25) is 0 Å². The number of aromatic nitrogens is 1. The van der Waals surface area contributed by atoms with Gasteiger partial charge in [0.15, 0.2) is 0 Å². The monoisotopic (exact) mass is 260 g/mol. The van der Waals surface area contributed by atoms with E-state index < -0.39 is 5.95 Å². The van der Waals surface area contributed by atoms with Crippen LogP contribution < -0.4 is 10.1 Å². The minimum atomic E-state index is -0.515. The number of hydrogen-bond donors (Lipinski definition) is 1. The SMILES string of the molecule is Fc1ncc(OCC2CCN2)cc1Br. The first-order chi connectivity index (χ1) is 6.75. The summed E-state index contributed by atoms with van der Waals surface area (Å²) >= 11 is 3.05. The van der Waals surface area contributed by atoms with Crippen LogP contribution in [-0.2, 0) is 0 Å². The summed E-state index contributed by atoms with van der Waals surface area (Å²) in [7, 11) is 0. The molecule has 1 aromatic heterocycles. The van der Waals surface area contributed by atoms with Crippen molar-refractivity contribution in [3.05, 3.63) is 22.7 Å². The van der Waals surface area contributed by atoms with Crippen LogP contribution >= 0.6 is 15.9 Å². The standard InChI is InChI=1S/C9H10BrFN2O/c10-8-3-7(4-13-9(8)11)14-5-6-1-2-12-6/h3-4,6,12H,1-2,5H2. The molecule has 5 heteroatoms. The fraction of sp³-hybridized carbons (Fsp3) is 0.444. The summed E-state index contributed by atoms with van der Waals surface area (Å²) in [4.78, 5) is 3.54. The van der Waals surface area contributed by atoms with Gasteiger partial charge in [0.25, 0.3) is 0 Å². The Labute approximate surface area is 89.8 Å². The lowest BCUT2D eigenvalue weighted by Crippen LogP contribution is -2.46. The molecule has 1 atom stereocenters. The Morgan fingerprint density at radius 3 is 3.07 bits per heavy atom. The number of pyridine rings is 1. The van der Waals surface area contributed by atoms with E-state index in [-0.39, 0.29) is 0 Å². The van der Waals surface area contributed by atoms with E-state index in [1.165, 1.54) is 6.20 Å². The molecule has 1 unspecified atom stereocenters. The Morgan fingerprint density at radius 2 is 2.50 bits per heavy atom. The fourth-order valence-corrected chi connectivity index (χ4v) is 1.50. The van der Waals surface area contributed by atoms with Crippen molar-refractivity contribution in [3.63, 3.8) is 0 Å². The lowest BCUT2D eigenvalue weighted by atomic mass is 10.1. The number of rotatable bonds is 3. The third-order valence-corrected chi connectivity index (χ3v) is 2.70. The van der Waals surface area contributed by atoms with E-state index in [0.717, 1.165) is 13.0 Å². The van der Waals surface area contributed by atoms with Crippen molar-refractivity contribution in [3.8, 4) is 5.75 Å². The van der Waals surface area contributed by atoms with Crippen LogP contribution in [0, 0.1) is 5.95 Å². The van der Waals surface area contributed by atoms with Crippen molar-refractivity contribution in [2.24, 2.45) is 0 Å². The summed E-state index contributed by atoms with van der Waals surface area (Å²) in [6.45, 7) is 1.67. The van der Waals surface area contributed by atoms with E-state index in [0.29, 0.717) is 22.9 Å². The Balaban J connectivity index is 1.91. The Kier molecular flexibility index (Phi) is 2.98. The zero-order chi connectivity index (χ0) is 9.97. The number of ether oxygens (including phenoxy) is 1. The summed E-state index contributed by atoms with van der Waals surface area (Å²) in [5, 5.41) is 3.21. The van der Waals surface area contributed by atoms with Crippen molar-refractivity contribution in [2.45, 2.75) is 12.5 Å². The van der Waals surface area contributed by atoms with Crippen LogP contribution in [0.1, 0.15) is 6.42 Å². The molecule has 0 bridgehead atoms. The van der Waals surface area contributed by atoms with Gasteiger partial charge in [-0.2, -0.15) is 4.39 Å². The van der Waals surface area contributed by atoms with E-state index in [2.05, 4.69) is 26.2 Å². The zero-order valence-electron chi connectivity index (χ0n) is 7.46. The van der Waals surface area contributed by atoms with Gasteiger partial charge in [-0.25, -0.2) is 4.98 Å². The van der Waals surface area contributed by atoms with Crippen LogP contribution in [0.4, 0.5) is 4.39 Å². The van der Waals surface area contributed by atoms with Gasteiger partial charge in [-0.15, -0.1) is 0 Å². The molecule has 1 aromatic rings. The third-order valence-electron chi connectivity index (χ3n) is 2.15. The van der Waals surface area contributed by atoms with Gasteiger partial charge in [0.1, 0.15) is 12.4 Å². The summed E-state index contributed by atoms with van der Waals surface area (Å²) in [6, 6.07) is 2.01. The largest absolute Gasteiger partial charge is 0.490 e. The first kappa shape index (κ1) is 9.86. The second kappa shape index (κ2) is 4.23. The third kappa shape index (κ3) is 2.22. The molecule has 0 saturated carbocycles. The average molecular weight is 261 g/mol. The molecule has 1 N–H and O–H groups in total. The quantitative estimate of drug-likeness (QED) is 0.841. The second-order valence-corrected chi connectivity index (χ2v) is 4.05. The minimum Gasteiger partial charge on any atom is -0.490 e.